The topological polar surface area (TPSA) is 72.3 Å². The number of ether oxygens (including phenoxy) is 1. The number of benzene rings is 1. The van der Waals surface area contributed by atoms with E-state index in [0.717, 1.165) is 11.1 Å². The zero-order valence-corrected chi connectivity index (χ0v) is 12.9. The van der Waals surface area contributed by atoms with Gasteiger partial charge in [-0.3, -0.25) is 4.98 Å². The van der Waals surface area contributed by atoms with Crippen LogP contribution in [0.2, 0.25) is 0 Å². The third-order valence-electron chi connectivity index (χ3n) is 3.40. The number of aromatic carboxylic acids is 1. The van der Waals surface area contributed by atoms with Crippen molar-refractivity contribution in [1.29, 1.82) is 0 Å². The summed E-state index contributed by atoms with van der Waals surface area (Å²) >= 11 is 0. The van der Waals surface area contributed by atoms with E-state index in [-0.39, 0.29) is 11.7 Å². The van der Waals surface area contributed by atoms with Gasteiger partial charge in [-0.1, -0.05) is 6.07 Å². The van der Waals surface area contributed by atoms with Crippen LogP contribution >= 0.6 is 0 Å². The molecule has 0 saturated carbocycles. The molecule has 0 saturated heterocycles. The zero-order chi connectivity index (χ0) is 16.4. The first-order chi connectivity index (χ1) is 11.0. The molecule has 0 amide bonds. The van der Waals surface area contributed by atoms with Crippen LogP contribution in [0.3, 0.4) is 0 Å². The standard InChI is InChI=1S/C18H16N2O3/c1-11(2)23-17-6-4-13(10-20-17)12-3-5-16-15(9-12)14(18(21)22)7-8-19-16/h3-11H,1-2H3,(H,21,22). The predicted molar refractivity (Wildman–Crippen MR) is 87.7 cm³/mol. The van der Waals surface area contributed by atoms with E-state index in [0.29, 0.717) is 16.8 Å². The summed E-state index contributed by atoms with van der Waals surface area (Å²) in [5.41, 5.74) is 2.67. The number of aromatic nitrogens is 2. The highest BCUT2D eigenvalue weighted by molar-refractivity contribution is 6.03. The minimum atomic E-state index is -0.964. The third-order valence-corrected chi connectivity index (χ3v) is 3.40. The minimum absolute atomic E-state index is 0.0678. The predicted octanol–water partition coefficient (Wildman–Crippen LogP) is 3.78. The monoisotopic (exact) mass is 308 g/mol. The fraction of sp³-hybridized carbons (Fsp3) is 0.167. The van der Waals surface area contributed by atoms with Crippen LogP contribution in [0.1, 0.15) is 24.2 Å². The lowest BCUT2D eigenvalue weighted by Crippen LogP contribution is -2.06. The smallest absolute Gasteiger partial charge is 0.336 e. The largest absolute Gasteiger partial charge is 0.478 e. The van der Waals surface area contributed by atoms with Gasteiger partial charge in [-0.05, 0) is 43.7 Å². The van der Waals surface area contributed by atoms with Crippen molar-refractivity contribution in [3.8, 4) is 17.0 Å². The van der Waals surface area contributed by atoms with Gasteiger partial charge in [0.25, 0.3) is 0 Å². The Balaban J connectivity index is 2.03. The van der Waals surface area contributed by atoms with Gasteiger partial charge in [0.15, 0.2) is 0 Å². The molecule has 0 aliphatic rings. The Morgan fingerprint density at radius 2 is 1.87 bits per heavy atom. The first-order valence-corrected chi connectivity index (χ1v) is 7.30. The second-order valence-electron chi connectivity index (χ2n) is 5.45. The van der Waals surface area contributed by atoms with Crippen molar-refractivity contribution in [2.75, 3.05) is 0 Å². The molecule has 0 aliphatic carbocycles. The van der Waals surface area contributed by atoms with Crippen molar-refractivity contribution in [1.82, 2.24) is 9.97 Å². The van der Waals surface area contributed by atoms with Crippen molar-refractivity contribution >= 4 is 16.9 Å². The first kappa shape index (κ1) is 15.0. The molecule has 1 N–H and O–H groups in total. The van der Waals surface area contributed by atoms with E-state index in [4.69, 9.17) is 4.74 Å². The Bertz CT molecular complexity index is 858. The van der Waals surface area contributed by atoms with Crippen LogP contribution in [-0.2, 0) is 0 Å². The lowest BCUT2D eigenvalue weighted by Gasteiger charge is -2.09. The van der Waals surface area contributed by atoms with Crippen molar-refractivity contribution in [2.45, 2.75) is 20.0 Å². The molecule has 23 heavy (non-hydrogen) atoms. The first-order valence-electron chi connectivity index (χ1n) is 7.30. The average Bonchev–Trinajstić information content (AvgIpc) is 2.54. The molecule has 0 atom stereocenters. The van der Waals surface area contributed by atoms with Crippen molar-refractivity contribution < 1.29 is 14.6 Å². The van der Waals surface area contributed by atoms with Crippen LogP contribution in [0.5, 0.6) is 5.88 Å². The van der Waals surface area contributed by atoms with E-state index < -0.39 is 5.97 Å². The molecule has 2 heterocycles. The molecule has 0 fully saturated rings. The highest BCUT2D eigenvalue weighted by atomic mass is 16.5. The zero-order valence-electron chi connectivity index (χ0n) is 12.9. The van der Waals surface area contributed by atoms with E-state index in [1.54, 1.807) is 12.3 Å². The molecular weight excluding hydrogens is 292 g/mol. The molecule has 0 bridgehead atoms. The van der Waals surface area contributed by atoms with Gasteiger partial charge in [0.1, 0.15) is 0 Å². The second-order valence-corrected chi connectivity index (χ2v) is 5.45. The lowest BCUT2D eigenvalue weighted by atomic mass is 10.0. The summed E-state index contributed by atoms with van der Waals surface area (Å²) in [6, 6.07) is 10.8. The SMILES string of the molecule is CC(C)Oc1ccc(-c2ccc3nccc(C(=O)O)c3c2)cn1. The molecule has 5 nitrogen and oxygen atoms in total. The summed E-state index contributed by atoms with van der Waals surface area (Å²) in [6.45, 7) is 3.89. The van der Waals surface area contributed by atoms with Crippen LogP contribution in [-0.4, -0.2) is 27.1 Å². The Morgan fingerprint density at radius 1 is 1.09 bits per heavy atom. The Kier molecular flexibility index (Phi) is 3.93. The minimum Gasteiger partial charge on any atom is -0.478 e. The summed E-state index contributed by atoms with van der Waals surface area (Å²) in [4.78, 5) is 19.8. The summed E-state index contributed by atoms with van der Waals surface area (Å²) in [7, 11) is 0. The van der Waals surface area contributed by atoms with Crippen LogP contribution in [0.15, 0.2) is 48.8 Å². The molecule has 3 aromatic rings. The lowest BCUT2D eigenvalue weighted by molar-refractivity contribution is 0.0699. The molecule has 116 valence electrons. The number of fused-ring (bicyclic) bond motifs is 1. The Morgan fingerprint density at radius 3 is 2.52 bits per heavy atom. The maximum atomic E-state index is 11.4. The summed E-state index contributed by atoms with van der Waals surface area (Å²) in [5, 5.41) is 9.92. The Hall–Kier alpha value is -2.95. The fourth-order valence-corrected chi connectivity index (χ4v) is 2.37. The van der Waals surface area contributed by atoms with Crippen LogP contribution in [0.4, 0.5) is 0 Å². The van der Waals surface area contributed by atoms with Gasteiger partial charge in [-0.15, -0.1) is 0 Å². The van der Waals surface area contributed by atoms with Gasteiger partial charge in [-0.2, -0.15) is 0 Å². The molecule has 0 unspecified atom stereocenters. The highest BCUT2D eigenvalue weighted by Crippen LogP contribution is 2.26. The summed E-state index contributed by atoms with van der Waals surface area (Å²) in [5.74, 6) is -0.397. The number of hydrogen-bond acceptors (Lipinski definition) is 4. The van der Waals surface area contributed by atoms with E-state index >= 15 is 0 Å². The molecule has 1 aromatic carbocycles. The van der Waals surface area contributed by atoms with Crippen LogP contribution < -0.4 is 4.74 Å². The molecule has 0 spiro atoms. The van der Waals surface area contributed by atoms with E-state index in [1.165, 1.54) is 12.3 Å². The number of pyridine rings is 2. The van der Waals surface area contributed by atoms with E-state index in [9.17, 15) is 9.90 Å². The maximum absolute atomic E-state index is 11.4. The Labute approximate surface area is 133 Å². The van der Waals surface area contributed by atoms with E-state index in [2.05, 4.69) is 9.97 Å². The van der Waals surface area contributed by atoms with Gasteiger partial charge in [0.2, 0.25) is 5.88 Å². The average molecular weight is 308 g/mol. The van der Waals surface area contributed by atoms with Gasteiger partial charge in [0, 0.05) is 29.4 Å². The second kappa shape index (κ2) is 6.04. The molecule has 0 aliphatic heterocycles. The number of hydrogen-bond donors (Lipinski definition) is 1. The molecule has 5 heteroatoms. The summed E-state index contributed by atoms with van der Waals surface area (Å²) < 4.78 is 5.53. The number of carbonyl (C=O) groups is 1. The number of rotatable bonds is 4. The van der Waals surface area contributed by atoms with E-state index in [1.807, 2.05) is 38.1 Å². The number of nitrogens with zero attached hydrogens (tertiary/aromatic N) is 2. The third kappa shape index (κ3) is 3.13. The fourth-order valence-electron chi connectivity index (χ4n) is 2.37. The maximum Gasteiger partial charge on any atom is 0.336 e. The quantitative estimate of drug-likeness (QED) is 0.794. The molecule has 0 radical (unpaired) electrons. The van der Waals surface area contributed by atoms with Crippen molar-refractivity contribution in [3.05, 3.63) is 54.4 Å². The van der Waals surface area contributed by atoms with Crippen molar-refractivity contribution in [3.63, 3.8) is 0 Å². The highest BCUT2D eigenvalue weighted by Gasteiger charge is 2.10. The number of carboxylic acids is 1. The van der Waals surface area contributed by atoms with Gasteiger partial charge in [-0.25, -0.2) is 9.78 Å². The van der Waals surface area contributed by atoms with Crippen molar-refractivity contribution in [2.24, 2.45) is 0 Å². The molecule has 3 rings (SSSR count). The molecule has 2 aromatic heterocycles. The normalized spacial score (nSPS) is 10.9. The van der Waals surface area contributed by atoms with Crippen LogP contribution in [0, 0.1) is 0 Å². The van der Waals surface area contributed by atoms with Gasteiger partial charge < -0.3 is 9.84 Å². The summed E-state index contributed by atoms with van der Waals surface area (Å²) in [6.07, 6.45) is 3.29. The van der Waals surface area contributed by atoms with Gasteiger partial charge >= 0.3 is 5.97 Å². The van der Waals surface area contributed by atoms with Gasteiger partial charge in [0.05, 0.1) is 17.2 Å². The number of carboxylic acid groups (broad SMARTS) is 1. The van der Waals surface area contributed by atoms with Crippen LogP contribution in [0.25, 0.3) is 22.0 Å². The molecular formula is C18H16N2O3.